The molecular weight excluding hydrogens is 210 g/mol. The average Bonchev–Trinajstić information content (AvgIpc) is 2.64. The summed E-state index contributed by atoms with van der Waals surface area (Å²) >= 11 is 0. The van der Waals surface area contributed by atoms with Crippen molar-refractivity contribution in [2.45, 2.75) is 19.9 Å². The lowest BCUT2D eigenvalue weighted by Gasteiger charge is -2.05. The standard InChI is InChI=1S/C14H19N3/c1-4-9-17-13-6-5-11(2)10-12(13)16-14(17)7-8-15-3/h4-6,10,15H,1,7-9H2,2-3H3. The highest BCUT2D eigenvalue weighted by atomic mass is 15.1. The van der Waals surface area contributed by atoms with Gasteiger partial charge in [-0.1, -0.05) is 12.1 Å². The molecular formula is C14H19N3. The van der Waals surface area contributed by atoms with Gasteiger partial charge in [-0.2, -0.15) is 0 Å². The van der Waals surface area contributed by atoms with Crippen LogP contribution in [0.1, 0.15) is 11.4 Å². The number of aromatic nitrogens is 2. The summed E-state index contributed by atoms with van der Waals surface area (Å²) in [7, 11) is 1.96. The molecule has 1 aromatic carbocycles. The third-order valence-electron chi connectivity index (χ3n) is 2.89. The van der Waals surface area contributed by atoms with Crippen LogP contribution in [0.3, 0.4) is 0 Å². The Morgan fingerprint density at radius 3 is 3.00 bits per heavy atom. The van der Waals surface area contributed by atoms with Crippen LogP contribution >= 0.6 is 0 Å². The molecule has 0 fully saturated rings. The van der Waals surface area contributed by atoms with E-state index in [1.54, 1.807) is 0 Å². The van der Waals surface area contributed by atoms with Crippen molar-refractivity contribution in [2.24, 2.45) is 0 Å². The van der Waals surface area contributed by atoms with Gasteiger partial charge in [-0.15, -0.1) is 6.58 Å². The van der Waals surface area contributed by atoms with E-state index < -0.39 is 0 Å². The van der Waals surface area contributed by atoms with Crippen LogP contribution < -0.4 is 5.32 Å². The molecule has 90 valence electrons. The van der Waals surface area contributed by atoms with Crippen LogP contribution in [0.2, 0.25) is 0 Å². The van der Waals surface area contributed by atoms with E-state index in [2.05, 4.69) is 41.6 Å². The molecule has 0 unspecified atom stereocenters. The first-order chi connectivity index (χ1) is 8.26. The quantitative estimate of drug-likeness (QED) is 0.797. The topological polar surface area (TPSA) is 29.9 Å². The van der Waals surface area contributed by atoms with Gasteiger partial charge in [-0.3, -0.25) is 0 Å². The number of rotatable bonds is 5. The molecule has 0 radical (unpaired) electrons. The molecule has 0 aliphatic heterocycles. The van der Waals surface area contributed by atoms with Crippen LogP contribution in [-0.2, 0) is 13.0 Å². The minimum atomic E-state index is 0.818. The number of benzene rings is 1. The van der Waals surface area contributed by atoms with Gasteiger partial charge in [-0.05, 0) is 31.7 Å². The number of likely N-dealkylation sites (N-methyl/N-ethyl adjacent to an activating group) is 1. The molecule has 2 rings (SSSR count). The molecule has 0 saturated carbocycles. The Labute approximate surface area is 102 Å². The molecule has 0 aliphatic carbocycles. The predicted octanol–water partition coefficient (Wildman–Crippen LogP) is 2.29. The summed E-state index contributed by atoms with van der Waals surface area (Å²) < 4.78 is 2.24. The highest BCUT2D eigenvalue weighted by Crippen LogP contribution is 2.18. The molecule has 1 N–H and O–H groups in total. The van der Waals surface area contributed by atoms with Crippen molar-refractivity contribution < 1.29 is 0 Å². The van der Waals surface area contributed by atoms with Crippen LogP contribution in [0.25, 0.3) is 11.0 Å². The number of nitrogens with zero attached hydrogens (tertiary/aromatic N) is 2. The van der Waals surface area contributed by atoms with Crippen LogP contribution in [0.15, 0.2) is 30.9 Å². The highest BCUT2D eigenvalue weighted by molar-refractivity contribution is 5.77. The Morgan fingerprint density at radius 1 is 1.47 bits per heavy atom. The zero-order valence-corrected chi connectivity index (χ0v) is 10.5. The fourth-order valence-electron chi connectivity index (χ4n) is 2.05. The SMILES string of the molecule is C=CCn1c(CCNC)nc2cc(C)ccc21. The Balaban J connectivity index is 2.49. The predicted molar refractivity (Wildman–Crippen MR) is 72.3 cm³/mol. The molecule has 0 amide bonds. The van der Waals surface area contributed by atoms with E-state index in [1.807, 2.05) is 13.1 Å². The Morgan fingerprint density at radius 2 is 2.29 bits per heavy atom. The fourth-order valence-corrected chi connectivity index (χ4v) is 2.05. The van der Waals surface area contributed by atoms with Gasteiger partial charge in [0.05, 0.1) is 11.0 Å². The van der Waals surface area contributed by atoms with Crippen molar-refractivity contribution in [1.29, 1.82) is 0 Å². The number of nitrogens with one attached hydrogen (secondary N) is 1. The van der Waals surface area contributed by atoms with Crippen LogP contribution in [0.4, 0.5) is 0 Å². The van der Waals surface area contributed by atoms with E-state index in [1.165, 1.54) is 11.1 Å². The van der Waals surface area contributed by atoms with Gasteiger partial charge in [0, 0.05) is 19.5 Å². The normalized spacial score (nSPS) is 10.9. The molecule has 17 heavy (non-hydrogen) atoms. The molecule has 1 heterocycles. The monoisotopic (exact) mass is 229 g/mol. The van der Waals surface area contributed by atoms with Crippen molar-refractivity contribution in [1.82, 2.24) is 14.9 Å². The third-order valence-corrected chi connectivity index (χ3v) is 2.89. The number of fused-ring (bicyclic) bond motifs is 1. The molecule has 0 bridgehead atoms. The maximum Gasteiger partial charge on any atom is 0.111 e. The summed E-state index contributed by atoms with van der Waals surface area (Å²) in [5, 5.41) is 3.16. The zero-order chi connectivity index (χ0) is 12.3. The Bertz CT molecular complexity index is 525. The first kappa shape index (κ1) is 11.9. The number of allylic oxidation sites excluding steroid dienone is 1. The summed E-state index contributed by atoms with van der Waals surface area (Å²) in [6.45, 7) is 7.68. The number of hydrogen-bond acceptors (Lipinski definition) is 2. The van der Waals surface area contributed by atoms with Gasteiger partial charge < -0.3 is 9.88 Å². The minimum absolute atomic E-state index is 0.818. The van der Waals surface area contributed by atoms with Crippen LogP contribution in [0, 0.1) is 6.92 Å². The van der Waals surface area contributed by atoms with E-state index in [-0.39, 0.29) is 0 Å². The third kappa shape index (κ3) is 2.39. The van der Waals surface area contributed by atoms with Crippen molar-refractivity contribution in [3.8, 4) is 0 Å². The van der Waals surface area contributed by atoms with E-state index in [0.29, 0.717) is 0 Å². The van der Waals surface area contributed by atoms with E-state index >= 15 is 0 Å². The van der Waals surface area contributed by atoms with Crippen molar-refractivity contribution in [2.75, 3.05) is 13.6 Å². The smallest absolute Gasteiger partial charge is 0.111 e. The number of hydrogen-bond donors (Lipinski definition) is 1. The van der Waals surface area contributed by atoms with E-state index in [9.17, 15) is 0 Å². The molecule has 0 saturated heterocycles. The lowest BCUT2D eigenvalue weighted by Crippen LogP contribution is -2.13. The first-order valence-corrected chi connectivity index (χ1v) is 5.97. The summed E-state index contributed by atoms with van der Waals surface area (Å²) in [5.41, 5.74) is 3.53. The highest BCUT2D eigenvalue weighted by Gasteiger charge is 2.08. The number of imidazole rings is 1. The number of aryl methyl sites for hydroxylation is 1. The van der Waals surface area contributed by atoms with Gasteiger partial charge in [-0.25, -0.2) is 4.98 Å². The van der Waals surface area contributed by atoms with Crippen LogP contribution in [0.5, 0.6) is 0 Å². The maximum absolute atomic E-state index is 4.70. The summed E-state index contributed by atoms with van der Waals surface area (Å²) in [4.78, 5) is 4.70. The summed E-state index contributed by atoms with van der Waals surface area (Å²) in [6.07, 6.45) is 2.86. The minimum Gasteiger partial charge on any atom is -0.324 e. The molecule has 2 aromatic rings. The Hall–Kier alpha value is -1.61. The average molecular weight is 229 g/mol. The van der Waals surface area contributed by atoms with Gasteiger partial charge in [0.25, 0.3) is 0 Å². The van der Waals surface area contributed by atoms with E-state index in [4.69, 9.17) is 4.98 Å². The molecule has 3 nitrogen and oxygen atoms in total. The van der Waals surface area contributed by atoms with Gasteiger partial charge >= 0.3 is 0 Å². The van der Waals surface area contributed by atoms with Gasteiger partial charge in [0.1, 0.15) is 5.82 Å². The lowest BCUT2D eigenvalue weighted by atomic mass is 10.2. The second kappa shape index (κ2) is 5.15. The summed E-state index contributed by atoms with van der Waals surface area (Å²) in [6, 6.07) is 6.41. The van der Waals surface area contributed by atoms with Gasteiger partial charge in [0.2, 0.25) is 0 Å². The first-order valence-electron chi connectivity index (χ1n) is 5.97. The Kier molecular flexibility index (Phi) is 3.59. The zero-order valence-electron chi connectivity index (χ0n) is 10.5. The van der Waals surface area contributed by atoms with E-state index in [0.717, 1.165) is 30.9 Å². The van der Waals surface area contributed by atoms with Gasteiger partial charge in [0.15, 0.2) is 0 Å². The maximum atomic E-state index is 4.70. The molecule has 1 aromatic heterocycles. The largest absolute Gasteiger partial charge is 0.324 e. The second-order valence-corrected chi connectivity index (χ2v) is 4.27. The molecule has 0 atom stereocenters. The molecule has 0 aliphatic rings. The fraction of sp³-hybridized carbons (Fsp3) is 0.357. The van der Waals surface area contributed by atoms with Crippen molar-refractivity contribution >= 4 is 11.0 Å². The molecule has 3 heteroatoms. The summed E-state index contributed by atoms with van der Waals surface area (Å²) in [5.74, 6) is 1.12. The second-order valence-electron chi connectivity index (χ2n) is 4.27. The lowest BCUT2D eigenvalue weighted by molar-refractivity contribution is 0.703. The van der Waals surface area contributed by atoms with Crippen molar-refractivity contribution in [3.05, 3.63) is 42.2 Å². The van der Waals surface area contributed by atoms with Crippen LogP contribution in [-0.4, -0.2) is 23.1 Å². The van der Waals surface area contributed by atoms with Crippen molar-refractivity contribution in [3.63, 3.8) is 0 Å². The molecule has 0 spiro atoms.